The molecule has 4 aromatic rings. The van der Waals surface area contributed by atoms with Gasteiger partial charge >= 0.3 is 0 Å². The van der Waals surface area contributed by atoms with Crippen molar-refractivity contribution < 1.29 is 9.53 Å². The van der Waals surface area contributed by atoms with Crippen LogP contribution in [0.25, 0.3) is 11.3 Å². The summed E-state index contributed by atoms with van der Waals surface area (Å²) in [5.74, 6) is 0.432. The van der Waals surface area contributed by atoms with E-state index in [1.807, 2.05) is 61.4 Å². The smallest absolute Gasteiger partial charge is 0.254 e. The fraction of sp³-hybridized carbons (Fsp3) is 0.240. The Morgan fingerprint density at radius 2 is 1.97 bits per heavy atom. The number of hydrogen-bond acceptors (Lipinski definition) is 9. The molecule has 1 aromatic carbocycles. The number of nitrogens with zero attached hydrogens (tertiary/aromatic N) is 6. The number of carbonyl (C=O) groups is 1. The Balaban J connectivity index is 1.59. The Morgan fingerprint density at radius 3 is 2.69 bits per heavy atom. The number of amides is 1. The summed E-state index contributed by atoms with van der Waals surface area (Å²) in [6, 6.07) is 11.2. The van der Waals surface area contributed by atoms with Crippen molar-refractivity contribution in [3.63, 3.8) is 0 Å². The summed E-state index contributed by atoms with van der Waals surface area (Å²) in [5, 5.41) is 10.7. The lowest BCUT2D eigenvalue weighted by Gasteiger charge is -2.16. The monoisotopic (exact) mass is 487 g/mol. The van der Waals surface area contributed by atoms with E-state index in [0.29, 0.717) is 11.4 Å². The number of aryl methyl sites for hydroxylation is 1. The number of nitrogens with two attached hydrogens (primary N) is 1. The predicted octanol–water partition coefficient (Wildman–Crippen LogP) is 3.28. The summed E-state index contributed by atoms with van der Waals surface area (Å²) in [6.45, 7) is 1.76. The quantitative estimate of drug-likeness (QED) is 0.291. The number of benzene rings is 1. The second-order valence-corrected chi connectivity index (χ2v) is 8.32. The number of primary amides is 1. The SMILES string of the molecule is COc1c(Nc2nc(Nc3cnn(CCCN(C)C)c3)ncc2C(N)=O)cccc1-c1ccccn1. The molecule has 0 saturated carbocycles. The number of rotatable bonds is 11. The van der Waals surface area contributed by atoms with Crippen molar-refractivity contribution in [2.45, 2.75) is 13.0 Å². The van der Waals surface area contributed by atoms with Crippen molar-refractivity contribution in [1.82, 2.24) is 29.6 Å². The van der Waals surface area contributed by atoms with Crippen LogP contribution in [0.4, 0.5) is 23.1 Å². The zero-order valence-corrected chi connectivity index (χ0v) is 20.5. The molecule has 0 unspecified atom stereocenters. The third-order valence-corrected chi connectivity index (χ3v) is 5.35. The standard InChI is InChI=1S/C25H29N9O2/c1-33(2)12-7-13-34-16-17(14-29-34)30-25-28-15-19(23(26)35)24(32-25)31-21-10-6-8-18(22(21)36-3)20-9-4-5-11-27-20/h4-6,8-11,14-16H,7,12-13H2,1-3H3,(H2,26,35)(H2,28,30,31,32). The summed E-state index contributed by atoms with van der Waals surface area (Å²) in [7, 11) is 5.66. The lowest BCUT2D eigenvalue weighted by atomic mass is 10.1. The summed E-state index contributed by atoms with van der Waals surface area (Å²) in [4.78, 5) is 27.4. The largest absolute Gasteiger partial charge is 0.494 e. The highest BCUT2D eigenvalue weighted by Gasteiger charge is 2.17. The van der Waals surface area contributed by atoms with Gasteiger partial charge in [-0.3, -0.25) is 14.5 Å². The molecule has 3 aromatic heterocycles. The minimum Gasteiger partial charge on any atom is -0.494 e. The Morgan fingerprint density at radius 1 is 1.11 bits per heavy atom. The molecule has 36 heavy (non-hydrogen) atoms. The van der Waals surface area contributed by atoms with Crippen LogP contribution in [0.1, 0.15) is 16.8 Å². The predicted molar refractivity (Wildman–Crippen MR) is 139 cm³/mol. The van der Waals surface area contributed by atoms with Gasteiger partial charge in [0.15, 0.2) is 5.75 Å². The lowest BCUT2D eigenvalue weighted by molar-refractivity contribution is 0.100. The number of carbonyl (C=O) groups excluding carboxylic acids is 1. The first kappa shape index (κ1) is 24.6. The molecule has 0 spiro atoms. The molecule has 11 nitrogen and oxygen atoms in total. The number of ether oxygens (including phenoxy) is 1. The summed E-state index contributed by atoms with van der Waals surface area (Å²) in [6.07, 6.45) is 7.66. The summed E-state index contributed by atoms with van der Waals surface area (Å²) < 4.78 is 7.55. The van der Waals surface area contributed by atoms with Crippen LogP contribution in [0.15, 0.2) is 61.2 Å². The number of anilines is 4. The van der Waals surface area contributed by atoms with Crippen molar-refractivity contribution >= 4 is 29.0 Å². The first-order valence-corrected chi connectivity index (χ1v) is 11.4. The average Bonchev–Trinajstić information content (AvgIpc) is 3.31. The molecule has 1 amide bonds. The first-order chi connectivity index (χ1) is 17.4. The van der Waals surface area contributed by atoms with Gasteiger partial charge in [-0.25, -0.2) is 4.98 Å². The van der Waals surface area contributed by atoms with Gasteiger partial charge in [0.1, 0.15) is 11.4 Å². The van der Waals surface area contributed by atoms with E-state index in [1.54, 1.807) is 19.5 Å². The van der Waals surface area contributed by atoms with E-state index in [0.717, 1.165) is 36.5 Å². The Kier molecular flexibility index (Phi) is 7.71. The average molecular weight is 488 g/mol. The molecule has 11 heteroatoms. The highest BCUT2D eigenvalue weighted by Crippen LogP contribution is 2.37. The van der Waals surface area contributed by atoms with E-state index in [9.17, 15) is 4.79 Å². The highest BCUT2D eigenvalue weighted by atomic mass is 16.5. The van der Waals surface area contributed by atoms with Crippen LogP contribution >= 0.6 is 0 Å². The van der Waals surface area contributed by atoms with E-state index < -0.39 is 5.91 Å². The third kappa shape index (κ3) is 5.94. The van der Waals surface area contributed by atoms with E-state index in [1.165, 1.54) is 6.20 Å². The number of hydrogen-bond donors (Lipinski definition) is 3. The molecular weight excluding hydrogens is 458 g/mol. The lowest BCUT2D eigenvalue weighted by Crippen LogP contribution is -2.16. The Bertz CT molecular complexity index is 1320. The van der Waals surface area contributed by atoms with Crippen molar-refractivity contribution in [2.24, 2.45) is 5.73 Å². The zero-order valence-electron chi connectivity index (χ0n) is 20.5. The topological polar surface area (TPSA) is 136 Å². The maximum Gasteiger partial charge on any atom is 0.254 e. The molecule has 3 heterocycles. The second-order valence-electron chi connectivity index (χ2n) is 8.32. The van der Waals surface area contributed by atoms with Gasteiger partial charge < -0.3 is 26.0 Å². The first-order valence-electron chi connectivity index (χ1n) is 11.4. The van der Waals surface area contributed by atoms with Gasteiger partial charge in [0, 0.05) is 30.7 Å². The third-order valence-electron chi connectivity index (χ3n) is 5.35. The Labute approximate surface area is 209 Å². The van der Waals surface area contributed by atoms with Crippen LogP contribution in [0.3, 0.4) is 0 Å². The molecule has 0 atom stereocenters. The molecule has 4 N–H and O–H groups in total. The fourth-order valence-electron chi connectivity index (χ4n) is 3.65. The fourth-order valence-corrected chi connectivity index (χ4v) is 3.65. The van der Waals surface area contributed by atoms with Gasteiger partial charge in [-0.05, 0) is 51.3 Å². The number of para-hydroxylation sites is 1. The summed E-state index contributed by atoms with van der Waals surface area (Å²) >= 11 is 0. The zero-order chi connectivity index (χ0) is 25.5. The van der Waals surface area contributed by atoms with Crippen LogP contribution in [0.2, 0.25) is 0 Å². The Hall–Kier alpha value is -4.51. The van der Waals surface area contributed by atoms with E-state index >= 15 is 0 Å². The molecule has 0 saturated heterocycles. The van der Waals surface area contributed by atoms with Crippen LogP contribution < -0.4 is 21.1 Å². The van der Waals surface area contributed by atoms with Gasteiger partial charge in [-0.15, -0.1) is 0 Å². The normalized spacial score (nSPS) is 10.9. The van der Waals surface area contributed by atoms with Gasteiger partial charge in [0.05, 0.1) is 30.4 Å². The van der Waals surface area contributed by atoms with Crippen molar-refractivity contribution in [2.75, 3.05) is 38.4 Å². The number of nitrogens with one attached hydrogen (secondary N) is 2. The van der Waals surface area contributed by atoms with Gasteiger partial charge in [0.25, 0.3) is 5.91 Å². The minimum atomic E-state index is -0.655. The van der Waals surface area contributed by atoms with Crippen LogP contribution in [0.5, 0.6) is 5.75 Å². The minimum absolute atomic E-state index is 0.144. The van der Waals surface area contributed by atoms with Gasteiger partial charge in [-0.2, -0.15) is 10.1 Å². The van der Waals surface area contributed by atoms with Crippen molar-refractivity contribution in [3.05, 3.63) is 66.7 Å². The molecular formula is C25H29N9O2. The van der Waals surface area contributed by atoms with E-state index in [2.05, 4.69) is 35.6 Å². The van der Waals surface area contributed by atoms with E-state index in [4.69, 9.17) is 10.5 Å². The molecule has 0 aliphatic heterocycles. The highest BCUT2D eigenvalue weighted by molar-refractivity contribution is 5.98. The molecule has 4 rings (SSSR count). The number of pyridine rings is 1. The molecule has 186 valence electrons. The molecule has 0 aliphatic rings. The van der Waals surface area contributed by atoms with E-state index in [-0.39, 0.29) is 17.3 Å². The molecule has 0 fully saturated rings. The maximum atomic E-state index is 12.1. The van der Waals surface area contributed by atoms with Gasteiger partial charge in [0.2, 0.25) is 5.95 Å². The van der Waals surface area contributed by atoms with Crippen LogP contribution in [-0.2, 0) is 6.54 Å². The van der Waals surface area contributed by atoms with Crippen LogP contribution in [0, 0.1) is 0 Å². The van der Waals surface area contributed by atoms with Crippen molar-refractivity contribution in [1.29, 1.82) is 0 Å². The second kappa shape index (κ2) is 11.3. The van der Waals surface area contributed by atoms with Gasteiger partial charge in [-0.1, -0.05) is 12.1 Å². The molecule has 0 aliphatic carbocycles. The van der Waals surface area contributed by atoms with Crippen molar-refractivity contribution in [3.8, 4) is 17.0 Å². The number of methoxy groups -OCH3 is 1. The maximum absolute atomic E-state index is 12.1. The van der Waals surface area contributed by atoms with Crippen LogP contribution in [-0.4, -0.2) is 63.3 Å². The molecule has 0 radical (unpaired) electrons. The molecule has 0 bridgehead atoms. The number of aromatic nitrogens is 5. The summed E-state index contributed by atoms with van der Waals surface area (Å²) in [5.41, 5.74) is 8.61.